The molecule has 49 heavy (non-hydrogen) atoms. The van der Waals surface area contributed by atoms with Crippen molar-refractivity contribution in [1.82, 2.24) is 5.32 Å². The second kappa shape index (κ2) is 38.3. The molecule has 0 aromatic heterocycles. The lowest BCUT2D eigenvalue weighted by Crippen LogP contribution is -2.53. The van der Waals surface area contributed by atoms with Crippen LogP contribution in [-0.4, -0.2) is 57.3 Å². The molecule has 6 nitrogen and oxygen atoms in total. The van der Waals surface area contributed by atoms with Gasteiger partial charge in [0, 0.05) is 0 Å². The molecule has 6 heteroatoms. The molecular weight excluding hydrogens is 610 g/mol. The van der Waals surface area contributed by atoms with Gasteiger partial charge in [0.15, 0.2) is 0 Å². The first-order valence-corrected chi connectivity index (χ1v) is 21.6. The van der Waals surface area contributed by atoms with Crippen LogP contribution in [0.2, 0.25) is 0 Å². The predicted octanol–water partition coefficient (Wildman–Crippen LogP) is 11.0. The van der Waals surface area contributed by atoms with Crippen LogP contribution in [0.4, 0.5) is 0 Å². The fourth-order valence-electron chi connectivity index (χ4n) is 6.75. The lowest BCUT2D eigenvalue weighted by atomic mass is 9.99. The number of rotatable bonds is 39. The van der Waals surface area contributed by atoms with Crippen LogP contribution in [0.15, 0.2) is 12.2 Å². The van der Waals surface area contributed by atoms with Gasteiger partial charge in [-0.2, -0.15) is 0 Å². The molecule has 1 amide bonds. The van der Waals surface area contributed by atoms with E-state index in [2.05, 4.69) is 31.3 Å². The van der Waals surface area contributed by atoms with Gasteiger partial charge in [0.25, 0.3) is 0 Å². The molecule has 0 aliphatic carbocycles. The SMILES string of the molecule is CCCCCCCCCCCCCC/C=C\CCCCCCCCCCCCC(O)C(=O)NC(CO)C(O)C(O)CCCCCCCCC. The molecule has 0 aliphatic rings. The summed E-state index contributed by atoms with van der Waals surface area (Å²) in [4.78, 5) is 12.4. The molecule has 0 saturated heterocycles. The number of hydrogen-bond acceptors (Lipinski definition) is 5. The van der Waals surface area contributed by atoms with E-state index >= 15 is 0 Å². The fraction of sp³-hybridized carbons (Fsp3) is 0.930. The highest BCUT2D eigenvalue weighted by atomic mass is 16.3. The third-order valence-electron chi connectivity index (χ3n) is 10.2. The molecule has 0 bridgehead atoms. The molecule has 0 radical (unpaired) electrons. The Balaban J connectivity index is 3.59. The van der Waals surface area contributed by atoms with Crippen LogP contribution in [-0.2, 0) is 4.79 Å². The topological polar surface area (TPSA) is 110 Å². The minimum Gasteiger partial charge on any atom is -0.394 e. The van der Waals surface area contributed by atoms with E-state index in [9.17, 15) is 25.2 Å². The van der Waals surface area contributed by atoms with Gasteiger partial charge in [-0.15, -0.1) is 0 Å². The van der Waals surface area contributed by atoms with Crippen molar-refractivity contribution in [1.29, 1.82) is 0 Å². The first-order chi connectivity index (χ1) is 24.0. The van der Waals surface area contributed by atoms with E-state index in [1.807, 2.05) is 0 Å². The number of aliphatic hydroxyl groups is 4. The summed E-state index contributed by atoms with van der Waals surface area (Å²) < 4.78 is 0. The fourth-order valence-corrected chi connectivity index (χ4v) is 6.75. The van der Waals surface area contributed by atoms with E-state index in [-0.39, 0.29) is 0 Å². The van der Waals surface area contributed by atoms with E-state index in [0.717, 1.165) is 38.5 Å². The average molecular weight is 696 g/mol. The van der Waals surface area contributed by atoms with Crippen LogP contribution in [0.3, 0.4) is 0 Å². The van der Waals surface area contributed by atoms with Crippen molar-refractivity contribution in [3.05, 3.63) is 12.2 Å². The summed E-state index contributed by atoms with van der Waals surface area (Å²) in [7, 11) is 0. The molecule has 0 aromatic carbocycles. The molecular formula is C43H85NO5. The van der Waals surface area contributed by atoms with Crippen molar-refractivity contribution in [2.24, 2.45) is 0 Å². The monoisotopic (exact) mass is 696 g/mol. The van der Waals surface area contributed by atoms with Crippen molar-refractivity contribution in [2.45, 2.75) is 250 Å². The summed E-state index contributed by atoms with van der Waals surface area (Å²) in [6, 6.07) is -0.980. The molecule has 0 heterocycles. The smallest absolute Gasteiger partial charge is 0.249 e. The molecule has 0 aliphatic heterocycles. The van der Waals surface area contributed by atoms with Crippen molar-refractivity contribution >= 4 is 5.91 Å². The van der Waals surface area contributed by atoms with Gasteiger partial charge in [-0.1, -0.05) is 199 Å². The summed E-state index contributed by atoms with van der Waals surface area (Å²) >= 11 is 0. The van der Waals surface area contributed by atoms with E-state index in [4.69, 9.17) is 0 Å². The Morgan fingerprint density at radius 1 is 0.490 bits per heavy atom. The summed E-state index contributed by atoms with van der Waals surface area (Å²) in [6.07, 6.45) is 41.3. The number of nitrogens with one attached hydrogen (secondary N) is 1. The van der Waals surface area contributed by atoms with Gasteiger partial charge < -0.3 is 25.7 Å². The zero-order valence-corrected chi connectivity index (χ0v) is 32.7. The van der Waals surface area contributed by atoms with Crippen molar-refractivity contribution in [3.63, 3.8) is 0 Å². The van der Waals surface area contributed by atoms with Crippen LogP contribution >= 0.6 is 0 Å². The Morgan fingerprint density at radius 3 is 1.18 bits per heavy atom. The molecule has 0 fully saturated rings. The molecule has 0 spiro atoms. The van der Waals surface area contributed by atoms with Gasteiger partial charge in [-0.25, -0.2) is 0 Å². The van der Waals surface area contributed by atoms with Crippen LogP contribution < -0.4 is 5.32 Å². The first kappa shape index (κ1) is 48.0. The lowest BCUT2D eigenvalue weighted by molar-refractivity contribution is -0.132. The zero-order valence-electron chi connectivity index (χ0n) is 32.7. The largest absolute Gasteiger partial charge is 0.394 e. The zero-order chi connectivity index (χ0) is 36.0. The van der Waals surface area contributed by atoms with Gasteiger partial charge in [0.2, 0.25) is 5.91 Å². The summed E-state index contributed by atoms with van der Waals surface area (Å²) in [6.45, 7) is 4.00. The molecule has 4 unspecified atom stereocenters. The van der Waals surface area contributed by atoms with Crippen LogP contribution in [0.25, 0.3) is 0 Å². The summed E-state index contributed by atoms with van der Waals surface area (Å²) in [5, 5.41) is 43.3. The quantitative estimate of drug-likeness (QED) is 0.0325. The number of aliphatic hydroxyl groups excluding tert-OH is 4. The Hall–Kier alpha value is -0.950. The number of carbonyl (C=O) groups is 1. The molecule has 0 rings (SSSR count). The maximum absolute atomic E-state index is 12.4. The van der Waals surface area contributed by atoms with Gasteiger partial charge in [0.1, 0.15) is 12.2 Å². The number of hydrogen-bond donors (Lipinski definition) is 5. The Kier molecular flexibility index (Phi) is 37.5. The van der Waals surface area contributed by atoms with Crippen molar-refractivity contribution in [3.8, 4) is 0 Å². The average Bonchev–Trinajstić information content (AvgIpc) is 3.11. The Labute approximate surface area is 304 Å². The van der Waals surface area contributed by atoms with Gasteiger partial charge in [-0.05, 0) is 38.5 Å². The van der Waals surface area contributed by atoms with E-state index in [1.165, 1.54) is 161 Å². The van der Waals surface area contributed by atoms with Gasteiger partial charge in [-0.3, -0.25) is 4.79 Å². The Morgan fingerprint density at radius 2 is 0.816 bits per heavy atom. The van der Waals surface area contributed by atoms with Crippen molar-refractivity contribution in [2.75, 3.05) is 6.61 Å². The molecule has 4 atom stereocenters. The molecule has 0 saturated carbocycles. The third-order valence-corrected chi connectivity index (χ3v) is 10.2. The normalized spacial score (nSPS) is 14.3. The lowest BCUT2D eigenvalue weighted by Gasteiger charge is -2.27. The van der Waals surface area contributed by atoms with Crippen molar-refractivity contribution < 1.29 is 25.2 Å². The van der Waals surface area contributed by atoms with E-state index in [1.54, 1.807) is 0 Å². The molecule has 5 N–H and O–H groups in total. The van der Waals surface area contributed by atoms with Crippen LogP contribution in [0.1, 0.15) is 226 Å². The molecule has 0 aromatic rings. The highest BCUT2D eigenvalue weighted by molar-refractivity contribution is 5.80. The third kappa shape index (κ3) is 32.7. The number of amides is 1. The van der Waals surface area contributed by atoms with Crippen LogP contribution in [0.5, 0.6) is 0 Å². The standard InChI is InChI=1S/C43H85NO5/c1-3-5-7-9-11-12-13-14-15-16-17-18-19-20-21-22-23-24-25-26-27-28-29-31-33-35-37-41(47)43(49)44-39(38-45)42(48)40(46)36-34-32-30-10-8-6-4-2/h20-21,39-42,45-48H,3-19,22-38H2,1-2H3,(H,44,49)/b21-20-. The summed E-state index contributed by atoms with van der Waals surface area (Å²) in [5.74, 6) is -0.587. The highest BCUT2D eigenvalue weighted by Crippen LogP contribution is 2.16. The van der Waals surface area contributed by atoms with Gasteiger partial charge >= 0.3 is 0 Å². The number of unbranched alkanes of at least 4 members (excludes halogenated alkanes) is 28. The first-order valence-electron chi connectivity index (χ1n) is 21.6. The van der Waals surface area contributed by atoms with E-state index in [0.29, 0.717) is 12.8 Å². The van der Waals surface area contributed by atoms with Crippen LogP contribution in [0, 0.1) is 0 Å². The van der Waals surface area contributed by atoms with E-state index < -0.39 is 36.9 Å². The number of allylic oxidation sites excluding steroid dienone is 2. The minimum absolute atomic E-state index is 0.370. The second-order valence-electron chi connectivity index (χ2n) is 15.0. The van der Waals surface area contributed by atoms with Gasteiger partial charge in [0.05, 0.1) is 18.8 Å². The summed E-state index contributed by atoms with van der Waals surface area (Å²) in [5.41, 5.74) is 0. The minimum atomic E-state index is -1.25. The predicted molar refractivity (Wildman–Crippen MR) is 210 cm³/mol. The highest BCUT2D eigenvalue weighted by Gasteiger charge is 2.28. The number of carbonyl (C=O) groups excluding carboxylic acids is 1. The molecule has 292 valence electrons. The second-order valence-corrected chi connectivity index (χ2v) is 15.0. The maximum Gasteiger partial charge on any atom is 0.249 e. The Bertz CT molecular complexity index is 702. The maximum atomic E-state index is 12.4.